The number of nitrogens with one attached hydrogen (secondary N) is 2. The van der Waals surface area contributed by atoms with Crippen LogP contribution in [0, 0.1) is 5.92 Å². The van der Waals surface area contributed by atoms with Crippen molar-refractivity contribution in [3.8, 4) is 0 Å². The number of amides is 1. The highest BCUT2D eigenvalue weighted by molar-refractivity contribution is 5.77. The van der Waals surface area contributed by atoms with Gasteiger partial charge >= 0.3 is 0 Å². The number of methoxy groups -OCH3 is 1. The Morgan fingerprint density at radius 1 is 1.25 bits per heavy atom. The van der Waals surface area contributed by atoms with Crippen LogP contribution < -0.4 is 10.6 Å². The standard InChI is InChI=1S/C11H24N2O3/c1-10(2)9-16-7-4-12-8-11(14)13-5-6-15-3/h10,12H,4-9H2,1-3H3,(H,13,14). The molecule has 0 bridgehead atoms. The molecule has 0 fully saturated rings. The van der Waals surface area contributed by atoms with E-state index in [4.69, 9.17) is 9.47 Å². The van der Waals surface area contributed by atoms with E-state index in [1.54, 1.807) is 7.11 Å². The fraction of sp³-hybridized carbons (Fsp3) is 0.909. The fourth-order valence-electron chi connectivity index (χ4n) is 1.02. The maximum Gasteiger partial charge on any atom is 0.234 e. The van der Waals surface area contributed by atoms with Crippen LogP contribution in [0.1, 0.15) is 13.8 Å². The van der Waals surface area contributed by atoms with E-state index in [0.29, 0.717) is 38.8 Å². The highest BCUT2D eigenvalue weighted by Gasteiger charge is 1.99. The number of carbonyl (C=O) groups is 1. The number of ether oxygens (including phenoxy) is 2. The van der Waals surface area contributed by atoms with E-state index in [-0.39, 0.29) is 5.91 Å². The molecule has 0 rings (SSSR count). The van der Waals surface area contributed by atoms with Gasteiger partial charge in [0.2, 0.25) is 5.91 Å². The molecule has 0 atom stereocenters. The van der Waals surface area contributed by atoms with Gasteiger partial charge in [0.25, 0.3) is 0 Å². The molecule has 0 spiro atoms. The third-order valence-electron chi connectivity index (χ3n) is 1.79. The quantitative estimate of drug-likeness (QED) is 0.521. The normalized spacial score (nSPS) is 10.8. The summed E-state index contributed by atoms with van der Waals surface area (Å²) in [6.45, 7) is 7.75. The molecule has 0 heterocycles. The molecule has 0 aliphatic carbocycles. The SMILES string of the molecule is COCCNC(=O)CNCCOCC(C)C. The highest BCUT2D eigenvalue weighted by atomic mass is 16.5. The molecule has 0 aromatic carbocycles. The largest absolute Gasteiger partial charge is 0.383 e. The molecule has 0 aromatic heterocycles. The minimum absolute atomic E-state index is 0.0130. The second-order valence-electron chi connectivity index (χ2n) is 3.99. The van der Waals surface area contributed by atoms with Gasteiger partial charge in [-0.3, -0.25) is 4.79 Å². The van der Waals surface area contributed by atoms with E-state index < -0.39 is 0 Å². The van der Waals surface area contributed by atoms with E-state index >= 15 is 0 Å². The first-order valence-corrected chi connectivity index (χ1v) is 5.71. The van der Waals surface area contributed by atoms with E-state index in [1.807, 2.05) is 0 Å². The molecule has 2 N–H and O–H groups in total. The van der Waals surface area contributed by atoms with Crippen molar-refractivity contribution >= 4 is 5.91 Å². The molecule has 0 aliphatic heterocycles. The summed E-state index contributed by atoms with van der Waals surface area (Å²) in [5, 5.41) is 5.73. The van der Waals surface area contributed by atoms with Gasteiger partial charge in [0.05, 0.1) is 19.8 Å². The predicted octanol–water partition coefficient (Wildman–Crippen LogP) is 0.0112. The zero-order valence-electron chi connectivity index (χ0n) is 10.5. The molecule has 5 heteroatoms. The minimum Gasteiger partial charge on any atom is -0.383 e. The molecule has 0 aliphatic rings. The zero-order valence-corrected chi connectivity index (χ0v) is 10.5. The molecule has 1 amide bonds. The lowest BCUT2D eigenvalue weighted by Gasteiger charge is -2.08. The smallest absolute Gasteiger partial charge is 0.234 e. The topological polar surface area (TPSA) is 59.6 Å². The molecule has 0 saturated carbocycles. The lowest BCUT2D eigenvalue weighted by Crippen LogP contribution is -2.36. The third kappa shape index (κ3) is 11.4. The summed E-state index contributed by atoms with van der Waals surface area (Å²) in [7, 11) is 1.61. The van der Waals surface area contributed by atoms with E-state index in [2.05, 4.69) is 24.5 Å². The van der Waals surface area contributed by atoms with Gasteiger partial charge in [-0.25, -0.2) is 0 Å². The Bertz CT molecular complexity index is 175. The Morgan fingerprint density at radius 3 is 2.62 bits per heavy atom. The molecular formula is C11H24N2O3. The second-order valence-corrected chi connectivity index (χ2v) is 3.99. The maximum atomic E-state index is 11.2. The molecule has 96 valence electrons. The number of hydrogen-bond acceptors (Lipinski definition) is 4. The van der Waals surface area contributed by atoms with Gasteiger partial charge in [-0.15, -0.1) is 0 Å². The van der Waals surface area contributed by atoms with Gasteiger partial charge in [0.1, 0.15) is 0 Å². The van der Waals surface area contributed by atoms with Crippen LogP contribution in [0.5, 0.6) is 0 Å². The van der Waals surface area contributed by atoms with Crippen LogP contribution >= 0.6 is 0 Å². The van der Waals surface area contributed by atoms with Crippen LogP contribution in [0.2, 0.25) is 0 Å². The van der Waals surface area contributed by atoms with Gasteiger partial charge in [-0.2, -0.15) is 0 Å². The van der Waals surface area contributed by atoms with Crippen LogP contribution in [0.25, 0.3) is 0 Å². The molecular weight excluding hydrogens is 208 g/mol. The maximum absolute atomic E-state index is 11.2. The van der Waals surface area contributed by atoms with Crippen molar-refractivity contribution in [1.82, 2.24) is 10.6 Å². The Morgan fingerprint density at radius 2 is 2.00 bits per heavy atom. The molecule has 0 aromatic rings. The average molecular weight is 232 g/mol. The summed E-state index contributed by atoms with van der Waals surface area (Å²) in [6, 6.07) is 0. The molecule has 0 radical (unpaired) electrons. The van der Waals surface area contributed by atoms with Gasteiger partial charge in [-0.05, 0) is 5.92 Å². The molecule has 0 saturated heterocycles. The Labute approximate surface area is 97.9 Å². The van der Waals surface area contributed by atoms with Crippen molar-refractivity contribution in [2.45, 2.75) is 13.8 Å². The van der Waals surface area contributed by atoms with Crippen LogP contribution in [-0.2, 0) is 14.3 Å². The summed E-state index contributed by atoms with van der Waals surface area (Å²) < 4.78 is 10.2. The lowest BCUT2D eigenvalue weighted by atomic mass is 10.2. The van der Waals surface area contributed by atoms with Crippen molar-refractivity contribution in [2.24, 2.45) is 5.92 Å². The van der Waals surface area contributed by atoms with Crippen LogP contribution in [0.3, 0.4) is 0 Å². The van der Waals surface area contributed by atoms with Gasteiger partial charge in [0, 0.05) is 26.8 Å². The molecule has 0 unspecified atom stereocenters. The highest BCUT2D eigenvalue weighted by Crippen LogP contribution is 1.90. The monoisotopic (exact) mass is 232 g/mol. The summed E-state index contributed by atoms with van der Waals surface area (Å²) in [4.78, 5) is 11.2. The Kier molecular flexibility index (Phi) is 10.4. The predicted molar refractivity (Wildman–Crippen MR) is 63.4 cm³/mol. The van der Waals surface area contributed by atoms with Crippen molar-refractivity contribution in [2.75, 3.05) is 46.6 Å². The van der Waals surface area contributed by atoms with E-state index in [1.165, 1.54) is 0 Å². The van der Waals surface area contributed by atoms with Gasteiger partial charge in [-0.1, -0.05) is 13.8 Å². The Balaban J connectivity index is 3.15. The number of hydrogen-bond donors (Lipinski definition) is 2. The zero-order chi connectivity index (χ0) is 12.2. The van der Waals surface area contributed by atoms with Crippen molar-refractivity contribution in [3.05, 3.63) is 0 Å². The van der Waals surface area contributed by atoms with Crippen LogP contribution in [-0.4, -0.2) is 52.5 Å². The average Bonchev–Trinajstić information content (AvgIpc) is 2.23. The number of carbonyl (C=O) groups excluding carboxylic acids is 1. The van der Waals surface area contributed by atoms with E-state index in [9.17, 15) is 4.79 Å². The van der Waals surface area contributed by atoms with Gasteiger partial charge < -0.3 is 20.1 Å². The summed E-state index contributed by atoms with van der Waals surface area (Å²) in [6.07, 6.45) is 0. The minimum atomic E-state index is -0.0130. The van der Waals surface area contributed by atoms with Crippen LogP contribution in [0.15, 0.2) is 0 Å². The first kappa shape index (κ1) is 15.3. The first-order chi connectivity index (χ1) is 7.66. The first-order valence-electron chi connectivity index (χ1n) is 5.71. The molecule has 16 heavy (non-hydrogen) atoms. The van der Waals surface area contributed by atoms with Crippen molar-refractivity contribution < 1.29 is 14.3 Å². The summed E-state index contributed by atoms with van der Waals surface area (Å²) in [5.74, 6) is 0.540. The third-order valence-corrected chi connectivity index (χ3v) is 1.79. The second kappa shape index (κ2) is 10.9. The van der Waals surface area contributed by atoms with Crippen molar-refractivity contribution in [3.63, 3.8) is 0 Å². The lowest BCUT2D eigenvalue weighted by molar-refractivity contribution is -0.120. The molecule has 5 nitrogen and oxygen atoms in total. The summed E-state index contributed by atoms with van der Waals surface area (Å²) >= 11 is 0. The number of rotatable bonds is 10. The van der Waals surface area contributed by atoms with Crippen molar-refractivity contribution in [1.29, 1.82) is 0 Å². The van der Waals surface area contributed by atoms with E-state index in [0.717, 1.165) is 6.61 Å². The summed E-state index contributed by atoms with van der Waals surface area (Å²) in [5.41, 5.74) is 0. The Hall–Kier alpha value is -0.650. The van der Waals surface area contributed by atoms with Gasteiger partial charge in [0.15, 0.2) is 0 Å². The fourth-order valence-corrected chi connectivity index (χ4v) is 1.02. The van der Waals surface area contributed by atoms with Crippen LogP contribution in [0.4, 0.5) is 0 Å².